The lowest BCUT2D eigenvalue weighted by Gasteiger charge is -2.05. The second-order valence-electron chi connectivity index (χ2n) is 6.40. The molecule has 0 fully saturated rings. The monoisotopic (exact) mass is 418 g/mol. The third-order valence-corrected chi connectivity index (χ3v) is 4.13. The zero-order valence-corrected chi connectivity index (χ0v) is 17.2. The smallest absolute Gasteiger partial charge is 0.270 e. The zero-order valence-electron chi connectivity index (χ0n) is 17.2. The van der Waals surface area contributed by atoms with Crippen LogP contribution in [0.2, 0.25) is 0 Å². The fourth-order valence-corrected chi connectivity index (χ4v) is 2.75. The molecule has 8 heteroatoms. The summed E-state index contributed by atoms with van der Waals surface area (Å²) >= 11 is 0. The molecule has 1 aromatic heterocycles. The fraction of sp³-hybridized carbons (Fsp3) is 0.174. The molecule has 3 N–H and O–H groups in total. The van der Waals surface area contributed by atoms with Gasteiger partial charge in [0.25, 0.3) is 5.91 Å². The van der Waals surface area contributed by atoms with Crippen LogP contribution in [0.1, 0.15) is 17.4 Å². The van der Waals surface area contributed by atoms with Crippen LogP contribution in [0.25, 0.3) is 11.3 Å². The number of aromatic nitrogens is 2. The highest BCUT2D eigenvalue weighted by molar-refractivity contribution is 5.93. The van der Waals surface area contributed by atoms with E-state index in [4.69, 9.17) is 9.47 Å². The van der Waals surface area contributed by atoms with E-state index in [1.54, 1.807) is 37.4 Å². The van der Waals surface area contributed by atoms with Crippen molar-refractivity contribution < 1.29 is 19.1 Å². The molecular formula is C23H22N4O4. The van der Waals surface area contributed by atoms with Gasteiger partial charge in [0.1, 0.15) is 23.8 Å². The Bertz CT molecular complexity index is 1130. The van der Waals surface area contributed by atoms with Crippen molar-refractivity contribution in [2.75, 3.05) is 25.6 Å². The summed E-state index contributed by atoms with van der Waals surface area (Å²) in [6, 6.07) is 16.1. The molecule has 158 valence electrons. The predicted molar refractivity (Wildman–Crippen MR) is 117 cm³/mol. The summed E-state index contributed by atoms with van der Waals surface area (Å²) in [5.74, 6) is 6.46. The molecule has 3 rings (SSSR count). The van der Waals surface area contributed by atoms with Gasteiger partial charge in [0.05, 0.1) is 19.3 Å². The van der Waals surface area contributed by atoms with Crippen molar-refractivity contribution in [2.24, 2.45) is 0 Å². The minimum Gasteiger partial charge on any atom is -0.496 e. The molecule has 0 aliphatic carbocycles. The van der Waals surface area contributed by atoms with Gasteiger partial charge in [0, 0.05) is 24.2 Å². The number of anilines is 1. The van der Waals surface area contributed by atoms with Crippen LogP contribution in [0.3, 0.4) is 0 Å². The molecule has 31 heavy (non-hydrogen) atoms. The number of nitrogens with one attached hydrogen (secondary N) is 3. The Labute approximate surface area is 180 Å². The summed E-state index contributed by atoms with van der Waals surface area (Å²) in [6.45, 7) is 1.76. The second-order valence-corrected chi connectivity index (χ2v) is 6.40. The Kier molecular flexibility index (Phi) is 7.27. The van der Waals surface area contributed by atoms with Crippen molar-refractivity contribution in [3.05, 3.63) is 60.3 Å². The largest absolute Gasteiger partial charge is 0.496 e. The predicted octanol–water partition coefficient (Wildman–Crippen LogP) is 2.86. The van der Waals surface area contributed by atoms with Crippen LogP contribution in [0.15, 0.2) is 54.6 Å². The van der Waals surface area contributed by atoms with E-state index in [-0.39, 0.29) is 25.0 Å². The molecule has 0 bridgehead atoms. The Hall–Kier alpha value is -4.25. The fourth-order valence-electron chi connectivity index (χ4n) is 2.75. The highest BCUT2D eigenvalue weighted by Gasteiger charge is 2.12. The van der Waals surface area contributed by atoms with E-state index < -0.39 is 0 Å². The summed E-state index contributed by atoms with van der Waals surface area (Å²) in [4.78, 5) is 23.4. The number of H-pyrrole nitrogens is 1. The van der Waals surface area contributed by atoms with Gasteiger partial charge in [0.15, 0.2) is 0 Å². The van der Waals surface area contributed by atoms with Crippen molar-refractivity contribution in [3.63, 3.8) is 0 Å². The molecule has 3 aromatic rings. The van der Waals surface area contributed by atoms with Crippen LogP contribution in [-0.2, 0) is 4.79 Å². The molecule has 0 radical (unpaired) electrons. The van der Waals surface area contributed by atoms with Crippen LogP contribution in [0.4, 0.5) is 5.69 Å². The van der Waals surface area contributed by atoms with Gasteiger partial charge in [-0.3, -0.25) is 14.7 Å². The molecule has 0 saturated heterocycles. The average Bonchev–Trinajstić information content (AvgIpc) is 3.26. The van der Waals surface area contributed by atoms with Crippen LogP contribution in [0.5, 0.6) is 11.5 Å². The van der Waals surface area contributed by atoms with Crippen LogP contribution in [-0.4, -0.2) is 42.3 Å². The maximum atomic E-state index is 12.3. The molecule has 0 unspecified atom stereocenters. The van der Waals surface area contributed by atoms with Crippen LogP contribution < -0.4 is 20.1 Å². The number of aromatic amines is 1. The highest BCUT2D eigenvalue weighted by atomic mass is 16.5. The number of nitrogens with zero attached hydrogens (tertiary/aromatic N) is 1. The molecule has 1 heterocycles. The molecule has 2 amide bonds. The summed E-state index contributed by atoms with van der Waals surface area (Å²) in [7, 11) is 1.58. The van der Waals surface area contributed by atoms with Gasteiger partial charge < -0.3 is 20.1 Å². The molecule has 0 spiro atoms. The van der Waals surface area contributed by atoms with Gasteiger partial charge in [-0.1, -0.05) is 30.0 Å². The van der Waals surface area contributed by atoms with E-state index in [0.717, 1.165) is 5.56 Å². The Morgan fingerprint density at radius 1 is 1.10 bits per heavy atom. The standard InChI is InChI=1S/C23H22N4O4/c1-16(28)25-17-8-7-9-18(14-17)31-13-6-5-12-24-23(29)21-15-20(26-27-21)19-10-3-4-11-22(19)30-2/h3-4,7-11,14-15H,12-13H2,1-2H3,(H,24,29)(H,25,28)(H,26,27). The number of hydrogen-bond donors (Lipinski definition) is 3. The van der Waals surface area contributed by atoms with Crippen molar-refractivity contribution in [1.82, 2.24) is 15.5 Å². The summed E-state index contributed by atoms with van der Waals surface area (Å²) in [6.07, 6.45) is 0. The molecule has 8 nitrogen and oxygen atoms in total. The number of rotatable bonds is 7. The average molecular weight is 418 g/mol. The Morgan fingerprint density at radius 3 is 2.74 bits per heavy atom. The maximum Gasteiger partial charge on any atom is 0.270 e. The van der Waals surface area contributed by atoms with Crippen molar-refractivity contribution in [2.45, 2.75) is 6.92 Å². The number of benzene rings is 2. The van der Waals surface area contributed by atoms with Gasteiger partial charge in [-0.15, -0.1) is 0 Å². The molecule has 0 saturated carbocycles. The van der Waals surface area contributed by atoms with E-state index >= 15 is 0 Å². The number of ether oxygens (including phenoxy) is 2. The van der Waals surface area contributed by atoms with E-state index in [1.165, 1.54) is 6.92 Å². The van der Waals surface area contributed by atoms with E-state index in [2.05, 4.69) is 32.7 Å². The minimum atomic E-state index is -0.313. The first kappa shape index (κ1) is 21.5. The van der Waals surface area contributed by atoms with Crippen molar-refractivity contribution in [1.29, 1.82) is 0 Å². The summed E-state index contributed by atoms with van der Waals surface area (Å²) < 4.78 is 10.9. The lowest BCUT2D eigenvalue weighted by molar-refractivity contribution is -0.114. The highest BCUT2D eigenvalue weighted by Crippen LogP contribution is 2.28. The molecule has 0 atom stereocenters. The topological polar surface area (TPSA) is 105 Å². The van der Waals surface area contributed by atoms with Gasteiger partial charge in [0.2, 0.25) is 5.91 Å². The lowest BCUT2D eigenvalue weighted by Crippen LogP contribution is -2.24. The first-order valence-electron chi connectivity index (χ1n) is 9.50. The second kappa shape index (κ2) is 10.5. The van der Waals surface area contributed by atoms with Gasteiger partial charge >= 0.3 is 0 Å². The number of hydrogen-bond acceptors (Lipinski definition) is 5. The third kappa shape index (κ3) is 6.11. The number of methoxy groups -OCH3 is 1. The zero-order chi connectivity index (χ0) is 22.1. The van der Waals surface area contributed by atoms with Crippen LogP contribution >= 0.6 is 0 Å². The maximum absolute atomic E-state index is 12.3. The normalized spacial score (nSPS) is 9.87. The number of amides is 2. The molecular weight excluding hydrogens is 396 g/mol. The Morgan fingerprint density at radius 2 is 1.94 bits per heavy atom. The van der Waals surface area contributed by atoms with E-state index in [0.29, 0.717) is 28.6 Å². The number of carbonyl (C=O) groups is 2. The summed E-state index contributed by atoms with van der Waals surface area (Å²) in [5.41, 5.74) is 2.38. The van der Waals surface area contributed by atoms with Crippen molar-refractivity contribution >= 4 is 17.5 Å². The Balaban J connectivity index is 1.48. The van der Waals surface area contributed by atoms with Crippen molar-refractivity contribution in [3.8, 4) is 34.6 Å². The number of carbonyl (C=O) groups excluding carboxylic acids is 2. The first-order valence-corrected chi connectivity index (χ1v) is 9.50. The summed E-state index contributed by atoms with van der Waals surface area (Å²) in [5, 5.41) is 12.3. The van der Waals surface area contributed by atoms with Gasteiger partial charge in [-0.25, -0.2) is 0 Å². The minimum absolute atomic E-state index is 0.153. The lowest BCUT2D eigenvalue weighted by atomic mass is 10.1. The number of para-hydroxylation sites is 1. The molecule has 0 aliphatic rings. The van der Waals surface area contributed by atoms with Crippen LogP contribution in [0, 0.1) is 11.8 Å². The SMILES string of the molecule is COc1ccccc1-c1cc(C(=O)NCC#CCOc2cccc(NC(C)=O)c2)[nH]n1. The van der Waals surface area contributed by atoms with Gasteiger partial charge in [-0.05, 0) is 30.3 Å². The van der Waals surface area contributed by atoms with Gasteiger partial charge in [-0.2, -0.15) is 5.10 Å². The first-order chi connectivity index (χ1) is 15.1. The van der Waals surface area contributed by atoms with E-state index in [9.17, 15) is 9.59 Å². The third-order valence-electron chi connectivity index (χ3n) is 4.13. The molecule has 2 aromatic carbocycles. The molecule has 0 aliphatic heterocycles. The van der Waals surface area contributed by atoms with E-state index in [1.807, 2.05) is 24.3 Å². The quantitative estimate of drug-likeness (QED) is 0.512.